The standard InChI is InChI=1S/C22H33N3O4/c1-25(12-13-26)22(28)20(16-7-8-16)24-14-19-10-9-18-5-2-4-17(21(18)29-19)6-3-11-23-15-27/h2,4-5,15-16,19-20,24,26H,3,6-14H2,1H3,(H,23,27). The van der Waals surface area contributed by atoms with Gasteiger partial charge in [-0.05, 0) is 55.6 Å². The Hall–Kier alpha value is -2.12. The molecule has 1 aliphatic carbocycles. The van der Waals surface area contributed by atoms with Gasteiger partial charge in [0.25, 0.3) is 0 Å². The van der Waals surface area contributed by atoms with Crippen molar-refractivity contribution in [2.24, 2.45) is 5.92 Å². The van der Waals surface area contributed by atoms with Crippen molar-refractivity contribution in [1.29, 1.82) is 0 Å². The van der Waals surface area contributed by atoms with Gasteiger partial charge in [0.15, 0.2) is 0 Å². The molecule has 0 bridgehead atoms. The van der Waals surface area contributed by atoms with Crippen LogP contribution in [0.3, 0.4) is 0 Å². The van der Waals surface area contributed by atoms with Gasteiger partial charge in [0.1, 0.15) is 11.9 Å². The zero-order valence-corrected chi connectivity index (χ0v) is 17.2. The van der Waals surface area contributed by atoms with E-state index in [-0.39, 0.29) is 24.7 Å². The maximum Gasteiger partial charge on any atom is 0.239 e. The van der Waals surface area contributed by atoms with Crippen molar-refractivity contribution in [1.82, 2.24) is 15.5 Å². The fourth-order valence-electron chi connectivity index (χ4n) is 3.95. The topological polar surface area (TPSA) is 90.9 Å². The number of likely N-dealkylation sites (N-methyl/N-ethyl adjacent to an activating group) is 1. The number of hydrogen-bond acceptors (Lipinski definition) is 5. The average Bonchev–Trinajstić information content (AvgIpc) is 3.56. The lowest BCUT2D eigenvalue weighted by molar-refractivity contribution is -0.133. The first-order valence-electron chi connectivity index (χ1n) is 10.7. The summed E-state index contributed by atoms with van der Waals surface area (Å²) < 4.78 is 6.34. The van der Waals surface area contributed by atoms with Crippen molar-refractivity contribution < 1.29 is 19.4 Å². The molecular weight excluding hydrogens is 370 g/mol. The van der Waals surface area contributed by atoms with Crippen LogP contribution in [0.2, 0.25) is 0 Å². The molecule has 2 amide bonds. The molecule has 7 heteroatoms. The van der Waals surface area contributed by atoms with Crippen molar-refractivity contribution in [2.45, 2.75) is 50.7 Å². The highest BCUT2D eigenvalue weighted by Crippen LogP contribution is 2.34. The molecule has 3 rings (SSSR count). The molecule has 2 aliphatic rings. The molecule has 1 aromatic carbocycles. The van der Waals surface area contributed by atoms with Crippen molar-refractivity contribution in [3.63, 3.8) is 0 Å². The van der Waals surface area contributed by atoms with Crippen molar-refractivity contribution in [3.05, 3.63) is 29.3 Å². The van der Waals surface area contributed by atoms with Gasteiger partial charge in [-0.15, -0.1) is 0 Å². The van der Waals surface area contributed by atoms with Crippen LogP contribution in [-0.4, -0.2) is 67.8 Å². The third-order valence-corrected chi connectivity index (χ3v) is 5.79. The van der Waals surface area contributed by atoms with Crippen LogP contribution in [0.25, 0.3) is 0 Å². The Morgan fingerprint density at radius 2 is 2.21 bits per heavy atom. The first-order chi connectivity index (χ1) is 14.1. The molecule has 29 heavy (non-hydrogen) atoms. The summed E-state index contributed by atoms with van der Waals surface area (Å²) in [4.78, 5) is 24.7. The summed E-state index contributed by atoms with van der Waals surface area (Å²) in [6, 6.07) is 6.09. The number of nitrogens with one attached hydrogen (secondary N) is 2. The molecule has 7 nitrogen and oxygen atoms in total. The van der Waals surface area contributed by atoms with Gasteiger partial charge < -0.3 is 25.4 Å². The number of amides is 2. The molecule has 1 fully saturated rings. The van der Waals surface area contributed by atoms with E-state index in [2.05, 4.69) is 28.8 Å². The SMILES string of the molecule is CN(CCO)C(=O)C(NCC1CCc2cccc(CCCNC=O)c2O1)C1CC1. The molecule has 2 atom stereocenters. The summed E-state index contributed by atoms with van der Waals surface area (Å²) in [5.74, 6) is 1.42. The molecule has 0 radical (unpaired) electrons. The number of para-hydroxylation sites is 1. The van der Waals surface area contributed by atoms with Crippen LogP contribution in [0.5, 0.6) is 5.75 Å². The van der Waals surface area contributed by atoms with Crippen molar-refractivity contribution in [3.8, 4) is 5.75 Å². The largest absolute Gasteiger partial charge is 0.489 e. The Bertz CT molecular complexity index is 693. The number of aliphatic hydroxyl groups is 1. The van der Waals surface area contributed by atoms with Crippen LogP contribution in [0.4, 0.5) is 0 Å². The monoisotopic (exact) mass is 403 g/mol. The van der Waals surface area contributed by atoms with E-state index in [1.165, 1.54) is 11.1 Å². The Labute approximate surface area is 172 Å². The summed E-state index contributed by atoms with van der Waals surface area (Å²) in [6.45, 7) is 1.64. The molecule has 2 unspecified atom stereocenters. The van der Waals surface area contributed by atoms with E-state index in [0.29, 0.717) is 25.6 Å². The van der Waals surface area contributed by atoms with Gasteiger partial charge in [-0.2, -0.15) is 0 Å². The lowest BCUT2D eigenvalue weighted by atomic mass is 9.97. The Morgan fingerprint density at radius 3 is 2.93 bits per heavy atom. The minimum Gasteiger partial charge on any atom is -0.489 e. The number of benzene rings is 1. The highest BCUT2D eigenvalue weighted by molar-refractivity contribution is 5.82. The summed E-state index contributed by atoms with van der Waals surface area (Å²) in [5.41, 5.74) is 2.41. The summed E-state index contributed by atoms with van der Waals surface area (Å²) >= 11 is 0. The van der Waals surface area contributed by atoms with E-state index in [4.69, 9.17) is 9.84 Å². The molecule has 1 aliphatic heterocycles. The predicted molar refractivity (Wildman–Crippen MR) is 111 cm³/mol. The molecular formula is C22H33N3O4. The number of carbonyl (C=O) groups is 2. The molecule has 1 aromatic rings. The molecule has 160 valence electrons. The van der Waals surface area contributed by atoms with Gasteiger partial charge in [-0.25, -0.2) is 0 Å². The van der Waals surface area contributed by atoms with Gasteiger partial charge in [0.05, 0.1) is 12.6 Å². The maximum atomic E-state index is 12.7. The van der Waals surface area contributed by atoms with E-state index in [9.17, 15) is 9.59 Å². The zero-order chi connectivity index (χ0) is 20.6. The average molecular weight is 404 g/mol. The Morgan fingerprint density at radius 1 is 1.38 bits per heavy atom. The quantitative estimate of drug-likeness (QED) is 0.356. The number of carbonyl (C=O) groups excluding carboxylic acids is 2. The fourth-order valence-corrected chi connectivity index (χ4v) is 3.95. The second-order valence-corrected chi connectivity index (χ2v) is 8.07. The highest BCUT2D eigenvalue weighted by Gasteiger charge is 2.37. The lowest BCUT2D eigenvalue weighted by Crippen LogP contribution is -2.50. The van der Waals surface area contributed by atoms with Crippen LogP contribution >= 0.6 is 0 Å². The number of aliphatic hydroxyl groups excluding tert-OH is 1. The minimum absolute atomic E-state index is 0.0205. The van der Waals surface area contributed by atoms with Crippen molar-refractivity contribution in [2.75, 3.05) is 33.3 Å². The summed E-state index contributed by atoms with van der Waals surface area (Å²) in [6.07, 6.45) is 6.54. The predicted octanol–water partition coefficient (Wildman–Crippen LogP) is 0.878. The van der Waals surface area contributed by atoms with E-state index in [0.717, 1.165) is 50.7 Å². The molecule has 1 saturated carbocycles. The normalized spacial score (nSPS) is 19.0. The van der Waals surface area contributed by atoms with Crippen LogP contribution in [0, 0.1) is 5.92 Å². The van der Waals surface area contributed by atoms with E-state index >= 15 is 0 Å². The van der Waals surface area contributed by atoms with Gasteiger partial charge >= 0.3 is 0 Å². The smallest absolute Gasteiger partial charge is 0.239 e. The van der Waals surface area contributed by atoms with Gasteiger partial charge in [-0.3, -0.25) is 9.59 Å². The summed E-state index contributed by atoms with van der Waals surface area (Å²) in [5, 5.41) is 15.3. The van der Waals surface area contributed by atoms with E-state index in [1.54, 1.807) is 11.9 Å². The highest BCUT2D eigenvalue weighted by atomic mass is 16.5. The number of nitrogens with zero attached hydrogens (tertiary/aromatic N) is 1. The van der Waals surface area contributed by atoms with Gasteiger partial charge in [0.2, 0.25) is 12.3 Å². The van der Waals surface area contributed by atoms with Gasteiger partial charge in [-0.1, -0.05) is 18.2 Å². The number of rotatable bonds is 12. The number of ether oxygens (including phenoxy) is 1. The second kappa shape index (κ2) is 10.6. The molecule has 0 spiro atoms. The van der Waals surface area contributed by atoms with Crippen LogP contribution < -0.4 is 15.4 Å². The molecule has 0 aromatic heterocycles. The van der Waals surface area contributed by atoms with Gasteiger partial charge in [0, 0.05) is 26.7 Å². The maximum absolute atomic E-state index is 12.7. The molecule has 0 saturated heterocycles. The van der Waals surface area contributed by atoms with Crippen LogP contribution in [0.15, 0.2) is 18.2 Å². The minimum atomic E-state index is -0.193. The Balaban J connectivity index is 1.57. The lowest BCUT2D eigenvalue weighted by Gasteiger charge is -2.30. The van der Waals surface area contributed by atoms with Crippen LogP contribution in [0.1, 0.15) is 36.8 Å². The third kappa shape index (κ3) is 5.93. The zero-order valence-electron chi connectivity index (χ0n) is 17.2. The first kappa shape index (κ1) is 21.6. The van der Waals surface area contributed by atoms with E-state index in [1.807, 2.05) is 0 Å². The molecule has 3 N–H and O–H groups in total. The number of hydrogen-bond donors (Lipinski definition) is 3. The second-order valence-electron chi connectivity index (χ2n) is 8.07. The number of aryl methyl sites for hydroxylation is 2. The van der Waals surface area contributed by atoms with E-state index < -0.39 is 0 Å². The summed E-state index contributed by atoms with van der Waals surface area (Å²) in [7, 11) is 1.74. The third-order valence-electron chi connectivity index (χ3n) is 5.79. The fraction of sp³-hybridized carbons (Fsp3) is 0.636. The Kier molecular flexibility index (Phi) is 7.89. The number of fused-ring (bicyclic) bond motifs is 1. The van der Waals surface area contributed by atoms with Crippen molar-refractivity contribution >= 4 is 12.3 Å². The molecule has 1 heterocycles. The van der Waals surface area contributed by atoms with Crippen LogP contribution in [-0.2, 0) is 22.4 Å². The first-order valence-corrected chi connectivity index (χ1v) is 10.7.